The Balaban J connectivity index is 1.49. The van der Waals surface area contributed by atoms with Crippen molar-refractivity contribution in [3.05, 3.63) is 86.6 Å². The van der Waals surface area contributed by atoms with Gasteiger partial charge < -0.3 is 4.90 Å². The van der Waals surface area contributed by atoms with Gasteiger partial charge in [0.1, 0.15) is 0 Å². The number of hydrogen-bond acceptors (Lipinski definition) is 4. The monoisotopic (exact) mass is 446 g/mol. The highest BCUT2D eigenvalue weighted by atomic mass is 35.5. The number of rotatable bonds is 5. The van der Waals surface area contributed by atoms with Crippen LogP contribution in [-0.4, -0.2) is 25.8 Å². The van der Waals surface area contributed by atoms with Crippen molar-refractivity contribution in [2.45, 2.75) is 18.7 Å². The predicted molar refractivity (Wildman–Crippen MR) is 117 cm³/mol. The molecule has 0 saturated carbocycles. The summed E-state index contributed by atoms with van der Waals surface area (Å²) in [6.07, 6.45) is 0.752. The van der Waals surface area contributed by atoms with E-state index in [2.05, 4.69) is 4.72 Å². The molecule has 1 aliphatic rings. The van der Waals surface area contributed by atoms with Gasteiger partial charge in [-0.3, -0.25) is 9.52 Å². The van der Waals surface area contributed by atoms with Crippen molar-refractivity contribution in [1.82, 2.24) is 4.90 Å². The summed E-state index contributed by atoms with van der Waals surface area (Å²) in [4.78, 5) is 15.1. The van der Waals surface area contributed by atoms with Crippen LogP contribution in [0.15, 0.2) is 60.0 Å². The number of carbonyl (C=O) groups excluding carboxylic acids is 1. The lowest BCUT2D eigenvalue weighted by molar-refractivity contribution is 0.0739. The molecule has 0 saturated heterocycles. The van der Waals surface area contributed by atoms with Crippen LogP contribution in [0.25, 0.3) is 0 Å². The maximum atomic E-state index is 12.6. The van der Waals surface area contributed by atoms with Crippen LogP contribution >= 0.6 is 22.9 Å². The van der Waals surface area contributed by atoms with E-state index < -0.39 is 10.0 Å². The molecular weight excluding hydrogens is 428 g/mol. The van der Waals surface area contributed by atoms with Crippen LogP contribution in [0, 0.1) is 0 Å². The Kier molecular flexibility index (Phi) is 5.63. The van der Waals surface area contributed by atoms with Crippen molar-refractivity contribution in [1.29, 1.82) is 0 Å². The summed E-state index contributed by atoms with van der Waals surface area (Å²) in [7, 11) is -3.58. The van der Waals surface area contributed by atoms with Gasteiger partial charge in [-0.15, -0.1) is 11.3 Å². The average Bonchev–Trinajstić information content (AvgIpc) is 3.21. The third kappa shape index (κ3) is 4.80. The summed E-state index contributed by atoms with van der Waals surface area (Å²) in [5.74, 6) is -0.147. The molecule has 1 aromatic heterocycles. The Morgan fingerprint density at radius 3 is 2.72 bits per heavy atom. The van der Waals surface area contributed by atoms with Crippen LogP contribution in [0.2, 0.25) is 5.02 Å². The molecule has 1 N–H and O–H groups in total. The third-order valence-corrected chi connectivity index (χ3v) is 7.11. The Hall–Kier alpha value is -2.35. The molecular formula is C21H19ClN2O3S2. The van der Waals surface area contributed by atoms with Crippen LogP contribution in [0.4, 0.5) is 5.69 Å². The molecule has 2 heterocycles. The Morgan fingerprint density at radius 1 is 1.10 bits per heavy atom. The number of nitrogens with one attached hydrogen (secondary N) is 1. The highest BCUT2D eigenvalue weighted by Gasteiger charge is 2.23. The van der Waals surface area contributed by atoms with Gasteiger partial charge in [0.15, 0.2) is 0 Å². The lowest BCUT2D eigenvalue weighted by Gasteiger charge is -2.29. The van der Waals surface area contributed by atoms with Crippen molar-refractivity contribution in [2.75, 3.05) is 11.3 Å². The van der Waals surface area contributed by atoms with Crippen molar-refractivity contribution in [2.24, 2.45) is 0 Å². The first-order chi connectivity index (χ1) is 13.9. The number of thiophene rings is 1. The van der Waals surface area contributed by atoms with E-state index in [0.717, 1.165) is 17.5 Å². The maximum absolute atomic E-state index is 12.6. The molecule has 0 unspecified atom stereocenters. The number of hydrogen-bond donors (Lipinski definition) is 1. The number of amides is 1. The number of nitrogens with zero attached hydrogens (tertiary/aromatic N) is 1. The molecule has 1 amide bonds. The van der Waals surface area contributed by atoms with Crippen LogP contribution in [0.5, 0.6) is 0 Å². The molecule has 3 aromatic rings. The van der Waals surface area contributed by atoms with Gasteiger partial charge in [0.25, 0.3) is 5.91 Å². The summed E-state index contributed by atoms with van der Waals surface area (Å²) in [6.45, 7) is 1.12. The lowest BCUT2D eigenvalue weighted by atomic mass is 9.99. The summed E-state index contributed by atoms with van der Waals surface area (Å²) in [5, 5.41) is 2.39. The van der Waals surface area contributed by atoms with E-state index in [1.807, 2.05) is 29.6 Å². The predicted octanol–water partition coefficient (Wildman–Crippen LogP) is 4.54. The minimum atomic E-state index is -3.58. The molecule has 0 fully saturated rings. The molecule has 0 aliphatic carbocycles. The van der Waals surface area contributed by atoms with Crippen LogP contribution in [0.1, 0.15) is 26.4 Å². The minimum Gasteiger partial charge on any atom is -0.333 e. The molecule has 8 heteroatoms. The van der Waals surface area contributed by atoms with E-state index in [1.54, 1.807) is 35.2 Å². The molecule has 2 aromatic carbocycles. The molecule has 0 atom stereocenters. The van der Waals surface area contributed by atoms with Crippen molar-refractivity contribution in [3.8, 4) is 0 Å². The zero-order valence-electron chi connectivity index (χ0n) is 15.5. The molecule has 150 valence electrons. The van der Waals surface area contributed by atoms with Gasteiger partial charge in [-0.25, -0.2) is 8.42 Å². The topological polar surface area (TPSA) is 66.5 Å². The second-order valence-corrected chi connectivity index (χ2v) is 10.0. The fourth-order valence-corrected chi connectivity index (χ4v) is 5.49. The van der Waals surface area contributed by atoms with Crippen molar-refractivity contribution in [3.63, 3.8) is 0 Å². The number of halogens is 1. The second kappa shape index (κ2) is 8.18. The molecule has 5 nitrogen and oxygen atoms in total. The molecule has 1 aliphatic heterocycles. The molecule has 0 bridgehead atoms. The molecule has 0 spiro atoms. The SMILES string of the molecule is O=C(c1cccs1)N1CCc2ccc(NS(=O)(=O)Cc3cccc(Cl)c3)cc2C1. The van der Waals surface area contributed by atoms with Crippen molar-refractivity contribution < 1.29 is 13.2 Å². The van der Waals surface area contributed by atoms with Gasteiger partial charge in [-0.2, -0.15) is 0 Å². The van der Waals surface area contributed by atoms with E-state index in [1.165, 1.54) is 11.3 Å². The summed E-state index contributed by atoms with van der Waals surface area (Å²) < 4.78 is 27.8. The van der Waals surface area contributed by atoms with Gasteiger partial charge in [0, 0.05) is 23.8 Å². The first-order valence-corrected chi connectivity index (χ1v) is 12.0. The smallest absolute Gasteiger partial charge is 0.264 e. The maximum Gasteiger partial charge on any atom is 0.264 e. The second-order valence-electron chi connectivity index (χ2n) is 6.93. The fourth-order valence-electron chi connectivity index (χ4n) is 3.41. The average molecular weight is 447 g/mol. The molecule has 0 radical (unpaired) electrons. The Morgan fingerprint density at radius 2 is 1.97 bits per heavy atom. The van der Waals surface area contributed by atoms with Crippen LogP contribution < -0.4 is 4.72 Å². The van der Waals surface area contributed by atoms with Crippen LogP contribution in [-0.2, 0) is 28.7 Å². The summed E-state index contributed by atoms with van der Waals surface area (Å²) in [6, 6.07) is 16.0. The van der Waals surface area contributed by atoms with E-state index in [4.69, 9.17) is 11.6 Å². The number of fused-ring (bicyclic) bond motifs is 1. The third-order valence-electron chi connectivity index (χ3n) is 4.76. The summed E-state index contributed by atoms with van der Waals surface area (Å²) in [5.41, 5.74) is 3.22. The van der Waals surface area contributed by atoms with Gasteiger partial charge in [-0.1, -0.05) is 35.9 Å². The normalized spacial score (nSPS) is 13.8. The highest BCUT2D eigenvalue weighted by molar-refractivity contribution is 7.91. The van der Waals surface area contributed by atoms with Gasteiger partial charge in [-0.05, 0) is 58.8 Å². The number of benzene rings is 2. The van der Waals surface area contributed by atoms with E-state index in [-0.39, 0.29) is 11.7 Å². The minimum absolute atomic E-state index is 0.0117. The van der Waals surface area contributed by atoms with Gasteiger partial charge >= 0.3 is 0 Å². The van der Waals surface area contributed by atoms with Crippen molar-refractivity contribution >= 4 is 44.6 Å². The number of sulfonamides is 1. The van der Waals surface area contributed by atoms with E-state index in [9.17, 15) is 13.2 Å². The fraction of sp³-hybridized carbons (Fsp3) is 0.190. The Bertz CT molecular complexity index is 1140. The first-order valence-electron chi connectivity index (χ1n) is 9.09. The largest absolute Gasteiger partial charge is 0.333 e. The van der Waals surface area contributed by atoms with E-state index in [0.29, 0.717) is 34.2 Å². The quantitative estimate of drug-likeness (QED) is 0.625. The zero-order valence-corrected chi connectivity index (χ0v) is 17.9. The van der Waals surface area contributed by atoms with Gasteiger partial charge in [0.2, 0.25) is 10.0 Å². The molecule has 4 rings (SSSR count). The first kappa shape index (κ1) is 19.9. The number of anilines is 1. The zero-order chi connectivity index (χ0) is 20.4. The summed E-state index contributed by atoms with van der Waals surface area (Å²) >= 11 is 7.37. The Labute approximate surface area is 179 Å². The lowest BCUT2D eigenvalue weighted by Crippen LogP contribution is -2.35. The van der Waals surface area contributed by atoms with E-state index >= 15 is 0 Å². The standard InChI is InChI=1S/C21H19ClN2O3S2/c22-18-4-1-3-15(11-18)14-29(26,27)23-19-7-6-16-8-9-24(13-17(16)12-19)21(25)20-5-2-10-28-20/h1-7,10-12,23H,8-9,13-14H2. The van der Waals surface area contributed by atoms with Gasteiger partial charge in [0.05, 0.1) is 10.6 Å². The van der Waals surface area contributed by atoms with Crippen LogP contribution in [0.3, 0.4) is 0 Å². The highest BCUT2D eigenvalue weighted by Crippen LogP contribution is 2.25. The number of carbonyl (C=O) groups is 1. The molecule has 29 heavy (non-hydrogen) atoms.